The Morgan fingerprint density at radius 2 is 1.77 bits per heavy atom. The maximum absolute atomic E-state index is 13.0. The van der Waals surface area contributed by atoms with E-state index in [1.807, 2.05) is 24.3 Å². The number of carbonyl (C=O) groups is 2. The molecule has 0 aliphatic carbocycles. The predicted octanol–water partition coefficient (Wildman–Crippen LogP) is 3.71. The van der Waals surface area contributed by atoms with Crippen LogP contribution in [0.5, 0.6) is 5.75 Å². The average Bonchev–Trinajstić information content (AvgIpc) is 3.04. The van der Waals surface area contributed by atoms with E-state index >= 15 is 0 Å². The molecule has 2 aromatic carbocycles. The number of ketones is 1. The SMILES string of the molecule is COc1ccccc1[C@@H]1/C(=C(\O)c2ccccc2)C(=O)C(=O)N1Cc1cccnc1. The molecule has 0 bridgehead atoms. The molecule has 0 spiro atoms. The van der Waals surface area contributed by atoms with Crippen LogP contribution < -0.4 is 4.74 Å². The third-order valence-electron chi connectivity index (χ3n) is 5.10. The van der Waals surface area contributed by atoms with Crippen LogP contribution in [0.4, 0.5) is 0 Å². The second-order valence-corrected chi connectivity index (χ2v) is 6.90. The first-order chi connectivity index (χ1) is 14.6. The minimum atomic E-state index is -0.790. The normalized spacial score (nSPS) is 17.9. The van der Waals surface area contributed by atoms with Gasteiger partial charge in [0.15, 0.2) is 0 Å². The summed E-state index contributed by atoms with van der Waals surface area (Å²) in [5.74, 6) is -1.08. The summed E-state index contributed by atoms with van der Waals surface area (Å²) in [6.45, 7) is 0.173. The Morgan fingerprint density at radius 3 is 2.47 bits per heavy atom. The number of aliphatic hydroxyl groups excluding tert-OH is 1. The molecule has 1 N–H and O–H groups in total. The van der Waals surface area contributed by atoms with E-state index in [1.54, 1.807) is 54.9 Å². The molecule has 2 heterocycles. The molecule has 1 fully saturated rings. The molecule has 1 aliphatic rings. The maximum Gasteiger partial charge on any atom is 0.295 e. The molecular formula is C24H20N2O4. The first-order valence-electron chi connectivity index (χ1n) is 9.47. The molecule has 1 aliphatic heterocycles. The Balaban J connectivity index is 1.90. The molecule has 1 aromatic heterocycles. The molecule has 30 heavy (non-hydrogen) atoms. The summed E-state index contributed by atoms with van der Waals surface area (Å²) >= 11 is 0. The molecule has 150 valence electrons. The van der Waals surface area contributed by atoms with Gasteiger partial charge in [-0.1, -0.05) is 54.6 Å². The number of Topliss-reactive ketones (excluding diaryl/α,β-unsaturated/α-hetero) is 1. The van der Waals surface area contributed by atoms with Gasteiger partial charge in [-0.3, -0.25) is 14.6 Å². The van der Waals surface area contributed by atoms with Crippen molar-refractivity contribution in [1.29, 1.82) is 0 Å². The molecule has 4 rings (SSSR count). The number of aliphatic hydroxyl groups is 1. The van der Waals surface area contributed by atoms with Gasteiger partial charge in [0.05, 0.1) is 18.7 Å². The summed E-state index contributed by atoms with van der Waals surface area (Å²) in [6, 6.07) is 18.7. The average molecular weight is 400 g/mol. The van der Waals surface area contributed by atoms with Crippen molar-refractivity contribution in [3.05, 3.63) is 101 Å². The van der Waals surface area contributed by atoms with Gasteiger partial charge in [-0.25, -0.2) is 0 Å². The van der Waals surface area contributed by atoms with Gasteiger partial charge in [0.1, 0.15) is 11.5 Å². The van der Waals surface area contributed by atoms with E-state index in [0.29, 0.717) is 16.9 Å². The van der Waals surface area contributed by atoms with E-state index in [-0.39, 0.29) is 17.9 Å². The number of pyridine rings is 1. The number of benzene rings is 2. The van der Waals surface area contributed by atoms with Crippen LogP contribution in [0, 0.1) is 0 Å². The number of nitrogens with zero attached hydrogens (tertiary/aromatic N) is 2. The van der Waals surface area contributed by atoms with Gasteiger partial charge in [-0.2, -0.15) is 0 Å². The van der Waals surface area contributed by atoms with Crippen LogP contribution in [-0.4, -0.2) is 33.8 Å². The van der Waals surface area contributed by atoms with Gasteiger partial charge < -0.3 is 14.7 Å². The van der Waals surface area contributed by atoms with E-state index in [1.165, 1.54) is 12.0 Å². The highest BCUT2D eigenvalue weighted by molar-refractivity contribution is 6.46. The number of amides is 1. The lowest BCUT2D eigenvalue weighted by molar-refractivity contribution is -0.140. The molecule has 0 radical (unpaired) electrons. The summed E-state index contributed by atoms with van der Waals surface area (Å²) in [6.07, 6.45) is 3.29. The number of carbonyl (C=O) groups excluding carboxylic acids is 2. The van der Waals surface area contributed by atoms with Crippen LogP contribution in [0.1, 0.15) is 22.7 Å². The van der Waals surface area contributed by atoms with Crippen LogP contribution in [0.3, 0.4) is 0 Å². The third kappa shape index (κ3) is 3.43. The monoisotopic (exact) mass is 400 g/mol. The molecule has 6 nitrogen and oxygen atoms in total. The van der Waals surface area contributed by atoms with Crippen molar-refractivity contribution in [3.8, 4) is 5.75 Å². The van der Waals surface area contributed by atoms with Crippen molar-refractivity contribution in [2.24, 2.45) is 0 Å². The summed E-state index contributed by atoms with van der Waals surface area (Å²) in [4.78, 5) is 31.6. The fourth-order valence-electron chi connectivity index (χ4n) is 3.70. The second-order valence-electron chi connectivity index (χ2n) is 6.90. The minimum absolute atomic E-state index is 0.0413. The van der Waals surface area contributed by atoms with Gasteiger partial charge in [0, 0.05) is 30.1 Å². The number of rotatable bonds is 5. The number of ether oxygens (including phenoxy) is 1. The molecule has 1 amide bonds. The standard InChI is InChI=1S/C24H20N2O4/c1-30-19-12-6-5-11-18(19)21-20(22(27)17-9-3-2-4-10-17)23(28)24(29)26(21)15-16-8-7-13-25-14-16/h2-14,21,27H,15H2,1H3/b22-20+/t21-/m1/s1. The van der Waals surface area contributed by atoms with Crippen LogP contribution >= 0.6 is 0 Å². The minimum Gasteiger partial charge on any atom is -0.507 e. The number of para-hydroxylation sites is 1. The molecule has 6 heteroatoms. The van der Waals surface area contributed by atoms with Crippen molar-refractivity contribution < 1.29 is 19.4 Å². The fourth-order valence-corrected chi connectivity index (χ4v) is 3.70. The van der Waals surface area contributed by atoms with Crippen LogP contribution in [0.15, 0.2) is 84.7 Å². The summed E-state index contributed by atoms with van der Waals surface area (Å²) in [5.41, 5.74) is 1.91. The zero-order valence-electron chi connectivity index (χ0n) is 16.4. The van der Waals surface area contributed by atoms with Crippen LogP contribution in [-0.2, 0) is 16.1 Å². The van der Waals surface area contributed by atoms with Crippen LogP contribution in [0.25, 0.3) is 5.76 Å². The number of hydrogen-bond donors (Lipinski definition) is 1. The van der Waals surface area contributed by atoms with Crippen molar-refractivity contribution in [2.75, 3.05) is 7.11 Å². The lowest BCUT2D eigenvalue weighted by Gasteiger charge is -2.26. The van der Waals surface area contributed by atoms with Crippen LogP contribution in [0.2, 0.25) is 0 Å². The largest absolute Gasteiger partial charge is 0.507 e. The number of hydrogen-bond acceptors (Lipinski definition) is 5. The quantitative estimate of drug-likeness (QED) is 0.401. The van der Waals surface area contributed by atoms with Gasteiger partial charge >= 0.3 is 0 Å². The summed E-state index contributed by atoms with van der Waals surface area (Å²) in [7, 11) is 1.53. The Labute approximate surface area is 174 Å². The van der Waals surface area contributed by atoms with E-state index in [0.717, 1.165) is 5.56 Å². The Hall–Kier alpha value is -3.93. The van der Waals surface area contributed by atoms with Crippen molar-refractivity contribution in [2.45, 2.75) is 12.6 Å². The smallest absolute Gasteiger partial charge is 0.295 e. The van der Waals surface area contributed by atoms with Gasteiger partial charge in [0.2, 0.25) is 0 Å². The highest BCUT2D eigenvalue weighted by Crippen LogP contribution is 2.43. The lowest BCUT2D eigenvalue weighted by atomic mass is 9.94. The highest BCUT2D eigenvalue weighted by atomic mass is 16.5. The van der Waals surface area contributed by atoms with Crippen molar-refractivity contribution in [3.63, 3.8) is 0 Å². The number of likely N-dealkylation sites (tertiary alicyclic amines) is 1. The third-order valence-corrected chi connectivity index (χ3v) is 5.10. The summed E-state index contributed by atoms with van der Waals surface area (Å²) < 4.78 is 5.49. The Morgan fingerprint density at radius 1 is 1.03 bits per heavy atom. The zero-order valence-corrected chi connectivity index (χ0v) is 16.4. The summed E-state index contributed by atoms with van der Waals surface area (Å²) in [5, 5.41) is 11.0. The van der Waals surface area contributed by atoms with E-state index < -0.39 is 17.7 Å². The molecule has 0 unspecified atom stereocenters. The Bertz CT molecular complexity index is 1110. The Kier molecular flexibility index (Phi) is 5.30. The van der Waals surface area contributed by atoms with Gasteiger partial charge in [-0.05, 0) is 17.7 Å². The lowest BCUT2D eigenvalue weighted by Crippen LogP contribution is -2.29. The number of methoxy groups -OCH3 is 1. The highest BCUT2D eigenvalue weighted by Gasteiger charge is 2.47. The van der Waals surface area contributed by atoms with E-state index in [2.05, 4.69) is 4.98 Å². The fraction of sp³-hybridized carbons (Fsp3) is 0.125. The van der Waals surface area contributed by atoms with Crippen molar-refractivity contribution >= 4 is 17.4 Å². The van der Waals surface area contributed by atoms with E-state index in [9.17, 15) is 14.7 Å². The van der Waals surface area contributed by atoms with E-state index in [4.69, 9.17) is 4.74 Å². The van der Waals surface area contributed by atoms with Gasteiger partial charge in [-0.15, -0.1) is 0 Å². The molecule has 1 atom stereocenters. The molecule has 0 saturated carbocycles. The number of aromatic nitrogens is 1. The predicted molar refractivity (Wildman–Crippen MR) is 112 cm³/mol. The molecule has 3 aromatic rings. The topological polar surface area (TPSA) is 79.7 Å². The maximum atomic E-state index is 13.0. The van der Waals surface area contributed by atoms with Gasteiger partial charge in [0.25, 0.3) is 11.7 Å². The zero-order chi connectivity index (χ0) is 21.1. The molecule has 1 saturated heterocycles. The second kappa shape index (κ2) is 8.21. The first kappa shape index (κ1) is 19.4. The molecular weight excluding hydrogens is 380 g/mol. The first-order valence-corrected chi connectivity index (χ1v) is 9.47. The van der Waals surface area contributed by atoms with Crippen molar-refractivity contribution in [1.82, 2.24) is 9.88 Å².